The van der Waals surface area contributed by atoms with Gasteiger partial charge >= 0.3 is 0 Å². The van der Waals surface area contributed by atoms with Gasteiger partial charge in [-0.05, 0) is 38.1 Å². The molecule has 27 heavy (non-hydrogen) atoms. The van der Waals surface area contributed by atoms with Crippen LogP contribution in [0.4, 0.5) is 0 Å². The summed E-state index contributed by atoms with van der Waals surface area (Å²) in [6, 6.07) is 7.68. The maximum absolute atomic E-state index is 12.5. The number of sulfonamides is 1. The summed E-state index contributed by atoms with van der Waals surface area (Å²) in [5, 5.41) is 2.80. The average Bonchev–Trinajstić information content (AvgIpc) is 2.60. The number of halogens is 1. The summed E-state index contributed by atoms with van der Waals surface area (Å²) in [5.41, 5.74) is 0.907. The molecule has 0 aliphatic heterocycles. The molecule has 9 heteroatoms. The van der Waals surface area contributed by atoms with E-state index in [-0.39, 0.29) is 28.1 Å². The summed E-state index contributed by atoms with van der Waals surface area (Å²) in [6.07, 6.45) is 1.56. The van der Waals surface area contributed by atoms with E-state index in [1.165, 1.54) is 32.3 Å². The molecule has 1 heterocycles. The number of rotatable bonds is 7. The highest BCUT2D eigenvalue weighted by atomic mass is 35.5. The lowest BCUT2D eigenvalue weighted by Gasteiger charge is -2.15. The van der Waals surface area contributed by atoms with Crippen LogP contribution in [0.5, 0.6) is 5.88 Å². The van der Waals surface area contributed by atoms with Gasteiger partial charge in [0.2, 0.25) is 15.9 Å². The first-order valence-corrected chi connectivity index (χ1v) is 10.1. The lowest BCUT2D eigenvalue weighted by Crippen LogP contribution is -2.25. The van der Waals surface area contributed by atoms with Crippen LogP contribution < -0.4 is 10.1 Å². The molecular weight excluding hydrogens is 390 g/mol. The molecule has 0 unspecified atom stereocenters. The van der Waals surface area contributed by atoms with Crippen molar-refractivity contribution in [1.29, 1.82) is 0 Å². The lowest BCUT2D eigenvalue weighted by atomic mass is 10.2. The van der Waals surface area contributed by atoms with Crippen LogP contribution in [0, 0.1) is 0 Å². The topological polar surface area (TPSA) is 88.6 Å². The molecule has 1 aromatic heterocycles. The Bertz CT molecular complexity index is 930. The highest BCUT2D eigenvalue weighted by Crippen LogP contribution is 2.25. The molecule has 2 rings (SSSR count). The number of nitrogens with zero attached hydrogens (tertiary/aromatic N) is 2. The largest absolute Gasteiger partial charge is 0.475 e. The predicted molar refractivity (Wildman–Crippen MR) is 103 cm³/mol. The molecule has 0 saturated carbocycles. The van der Waals surface area contributed by atoms with Crippen LogP contribution in [0.1, 0.15) is 29.8 Å². The van der Waals surface area contributed by atoms with Crippen LogP contribution in [-0.4, -0.2) is 43.8 Å². The van der Waals surface area contributed by atoms with Crippen LogP contribution in [0.3, 0.4) is 0 Å². The Morgan fingerprint density at radius 3 is 2.63 bits per heavy atom. The quantitative estimate of drug-likeness (QED) is 0.756. The van der Waals surface area contributed by atoms with Gasteiger partial charge in [-0.3, -0.25) is 4.79 Å². The Hall–Kier alpha value is -2.16. The number of pyridine rings is 1. The molecule has 1 aromatic carbocycles. The van der Waals surface area contributed by atoms with Gasteiger partial charge in [0.25, 0.3) is 5.91 Å². The van der Waals surface area contributed by atoms with E-state index in [2.05, 4.69) is 10.3 Å². The molecule has 0 spiro atoms. The van der Waals surface area contributed by atoms with Gasteiger partial charge in [-0.2, -0.15) is 0 Å². The zero-order valence-corrected chi connectivity index (χ0v) is 17.1. The molecule has 0 atom stereocenters. The van der Waals surface area contributed by atoms with E-state index in [9.17, 15) is 13.2 Å². The second-order valence-electron chi connectivity index (χ2n) is 6.25. The number of carbonyl (C=O) groups excluding carboxylic acids is 1. The predicted octanol–water partition coefficient (Wildman–Crippen LogP) is 2.70. The summed E-state index contributed by atoms with van der Waals surface area (Å²) in [6.45, 7) is 3.96. The smallest absolute Gasteiger partial charge is 0.251 e. The normalized spacial score (nSPS) is 11.7. The summed E-state index contributed by atoms with van der Waals surface area (Å²) < 4.78 is 31.3. The van der Waals surface area contributed by atoms with E-state index < -0.39 is 15.9 Å². The van der Waals surface area contributed by atoms with E-state index in [0.717, 1.165) is 9.87 Å². The first-order valence-electron chi connectivity index (χ1n) is 8.23. The van der Waals surface area contributed by atoms with Gasteiger partial charge in [-0.25, -0.2) is 17.7 Å². The minimum Gasteiger partial charge on any atom is -0.475 e. The summed E-state index contributed by atoms with van der Waals surface area (Å²) in [7, 11) is -0.960. The second kappa shape index (κ2) is 8.69. The first-order chi connectivity index (χ1) is 12.6. The van der Waals surface area contributed by atoms with Gasteiger partial charge in [0.1, 0.15) is 4.90 Å². The summed E-state index contributed by atoms with van der Waals surface area (Å²) >= 11 is 6.01. The number of hydrogen-bond donors (Lipinski definition) is 1. The first kappa shape index (κ1) is 21.1. The molecule has 1 N–H and O–H groups in total. The monoisotopic (exact) mass is 411 g/mol. The average molecular weight is 412 g/mol. The van der Waals surface area contributed by atoms with Gasteiger partial charge in [-0.1, -0.05) is 17.7 Å². The van der Waals surface area contributed by atoms with Crippen LogP contribution >= 0.6 is 11.6 Å². The molecule has 0 radical (unpaired) electrons. The van der Waals surface area contributed by atoms with E-state index in [0.29, 0.717) is 5.88 Å². The van der Waals surface area contributed by atoms with Gasteiger partial charge in [0.05, 0.1) is 11.1 Å². The highest BCUT2D eigenvalue weighted by molar-refractivity contribution is 7.89. The fraction of sp³-hybridized carbons (Fsp3) is 0.333. The fourth-order valence-electron chi connectivity index (χ4n) is 2.20. The Morgan fingerprint density at radius 2 is 2.00 bits per heavy atom. The van der Waals surface area contributed by atoms with Crippen molar-refractivity contribution in [3.8, 4) is 5.88 Å². The second-order valence-corrected chi connectivity index (χ2v) is 8.78. The lowest BCUT2D eigenvalue weighted by molar-refractivity contribution is 0.0950. The van der Waals surface area contributed by atoms with Gasteiger partial charge in [-0.15, -0.1) is 0 Å². The number of amides is 1. The summed E-state index contributed by atoms with van der Waals surface area (Å²) in [4.78, 5) is 16.5. The number of hydrogen-bond acceptors (Lipinski definition) is 5. The van der Waals surface area contributed by atoms with Crippen molar-refractivity contribution in [2.24, 2.45) is 0 Å². The molecule has 0 fully saturated rings. The molecular formula is C18H22ClN3O4S. The van der Waals surface area contributed by atoms with Crippen LogP contribution in [0.15, 0.2) is 41.4 Å². The number of ether oxygens (including phenoxy) is 1. The molecule has 0 aliphatic carbocycles. The number of benzene rings is 1. The maximum Gasteiger partial charge on any atom is 0.251 e. The maximum atomic E-state index is 12.5. The van der Waals surface area contributed by atoms with E-state index in [1.807, 2.05) is 13.8 Å². The minimum absolute atomic E-state index is 0.0515. The van der Waals surface area contributed by atoms with Gasteiger partial charge < -0.3 is 10.1 Å². The van der Waals surface area contributed by atoms with Crippen molar-refractivity contribution < 1.29 is 17.9 Å². The highest BCUT2D eigenvalue weighted by Gasteiger charge is 2.22. The van der Waals surface area contributed by atoms with E-state index in [1.54, 1.807) is 18.3 Å². The van der Waals surface area contributed by atoms with Gasteiger partial charge in [0, 0.05) is 38.0 Å². The zero-order valence-electron chi connectivity index (χ0n) is 15.6. The number of aromatic nitrogens is 1. The van der Waals surface area contributed by atoms with Crippen LogP contribution in [-0.2, 0) is 16.6 Å². The third-order valence-corrected chi connectivity index (χ3v) is 5.89. The zero-order chi connectivity index (χ0) is 20.2. The molecule has 0 saturated heterocycles. The van der Waals surface area contributed by atoms with E-state index in [4.69, 9.17) is 16.3 Å². The Labute approximate surface area is 164 Å². The molecule has 0 bridgehead atoms. The molecule has 7 nitrogen and oxygen atoms in total. The van der Waals surface area contributed by atoms with Crippen molar-refractivity contribution >= 4 is 27.5 Å². The van der Waals surface area contributed by atoms with E-state index >= 15 is 0 Å². The van der Waals surface area contributed by atoms with Gasteiger partial charge in [0.15, 0.2) is 0 Å². The van der Waals surface area contributed by atoms with Crippen molar-refractivity contribution in [2.45, 2.75) is 31.4 Å². The fourth-order valence-corrected chi connectivity index (χ4v) is 3.60. The molecule has 1 amide bonds. The molecule has 146 valence electrons. The minimum atomic E-state index is -3.76. The van der Waals surface area contributed by atoms with Crippen molar-refractivity contribution in [1.82, 2.24) is 14.6 Å². The Morgan fingerprint density at radius 1 is 1.30 bits per heavy atom. The third-order valence-electron chi connectivity index (χ3n) is 3.59. The van der Waals surface area contributed by atoms with Crippen molar-refractivity contribution in [3.05, 3.63) is 52.7 Å². The Balaban J connectivity index is 2.21. The van der Waals surface area contributed by atoms with Crippen molar-refractivity contribution in [2.75, 3.05) is 14.1 Å². The summed E-state index contributed by atoms with van der Waals surface area (Å²) in [5.74, 6) is 0.0148. The SMILES string of the molecule is CC(C)Oc1ncccc1CNC(=O)c1ccc(Cl)c(S(=O)(=O)N(C)C)c1. The number of carbonyl (C=O) groups is 1. The number of nitrogens with one attached hydrogen (secondary N) is 1. The third kappa shape index (κ3) is 5.18. The van der Waals surface area contributed by atoms with Crippen LogP contribution in [0.25, 0.3) is 0 Å². The molecule has 0 aliphatic rings. The standard InChI is InChI=1S/C18H22ClN3O4S/c1-12(2)26-18-14(6-5-9-20-18)11-21-17(23)13-7-8-15(19)16(10-13)27(24,25)22(3)4/h5-10,12H,11H2,1-4H3,(H,21,23). The molecule has 2 aromatic rings. The van der Waals surface area contributed by atoms with Crippen LogP contribution in [0.2, 0.25) is 5.02 Å². The Kier molecular flexibility index (Phi) is 6.80. The van der Waals surface area contributed by atoms with Crippen molar-refractivity contribution in [3.63, 3.8) is 0 Å².